The second kappa shape index (κ2) is 7.19. The van der Waals surface area contributed by atoms with Crippen LogP contribution in [-0.2, 0) is 6.54 Å². The second-order valence-corrected chi connectivity index (χ2v) is 5.47. The zero-order chi connectivity index (χ0) is 14.5. The van der Waals surface area contributed by atoms with Crippen LogP contribution < -0.4 is 10.1 Å². The van der Waals surface area contributed by atoms with Crippen molar-refractivity contribution in [1.29, 1.82) is 0 Å². The van der Waals surface area contributed by atoms with Gasteiger partial charge in [-0.2, -0.15) is 0 Å². The van der Waals surface area contributed by atoms with E-state index in [0.717, 1.165) is 18.7 Å². The van der Waals surface area contributed by atoms with Crippen LogP contribution in [0.5, 0.6) is 11.5 Å². The number of halogens is 3. The molecule has 5 heteroatoms. The Bertz CT molecular complexity index is 602. The fraction of sp³-hybridized carbons (Fsp3) is 0.200. The van der Waals surface area contributed by atoms with Crippen molar-refractivity contribution in [3.8, 4) is 11.5 Å². The van der Waals surface area contributed by atoms with Crippen molar-refractivity contribution in [3.05, 3.63) is 57.0 Å². The van der Waals surface area contributed by atoms with Gasteiger partial charge in [0.1, 0.15) is 11.5 Å². The topological polar surface area (TPSA) is 21.3 Å². The number of hydrogen-bond donors (Lipinski definition) is 1. The molecule has 1 N–H and O–H groups in total. The maximum absolute atomic E-state index is 6.22. The standard InChI is InChI=1S/C15H14Cl3NO/c1-2-19-9-10-3-5-14(12(17)7-10)20-15-6-4-11(16)8-13(15)18/h3-8,19H,2,9H2,1H3. The summed E-state index contributed by atoms with van der Waals surface area (Å²) in [5.41, 5.74) is 1.10. The molecule has 0 saturated heterocycles. The van der Waals surface area contributed by atoms with E-state index in [9.17, 15) is 0 Å². The largest absolute Gasteiger partial charge is 0.454 e. The molecule has 0 heterocycles. The Labute approximate surface area is 133 Å². The van der Waals surface area contributed by atoms with Crippen LogP contribution in [0.3, 0.4) is 0 Å². The Hall–Kier alpha value is -0.930. The molecule has 0 atom stereocenters. The molecule has 0 saturated carbocycles. The van der Waals surface area contributed by atoms with Gasteiger partial charge in [0.05, 0.1) is 10.0 Å². The molecule has 2 rings (SSSR count). The van der Waals surface area contributed by atoms with Crippen LogP contribution in [-0.4, -0.2) is 6.54 Å². The maximum atomic E-state index is 6.22. The molecule has 0 amide bonds. The summed E-state index contributed by atoms with van der Waals surface area (Å²) < 4.78 is 5.71. The highest BCUT2D eigenvalue weighted by Gasteiger charge is 2.08. The van der Waals surface area contributed by atoms with E-state index in [4.69, 9.17) is 39.5 Å². The highest BCUT2D eigenvalue weighted by Crippen LogP contribution is 2.35. The lowest BCUT2D eigenvalue weighted by molar-refractivity contribution is 0.483. The third-order valence-corrected chi connectivity index (χ3v) is 3.52. The predicted molar refractivity (Wildman–Crippen MR) is 85.4 cm³/mol. The smallest absolute Gasteiger partial charge is 0.146 e. The van der Waals surface area contributed by atoms with Gasteiger partial charge in [0.2, 0.25) is 0 Å². The summed E-state index contributed by atoms with van der Waals surface area (Å²) in [5.74, 6) is 1.09. The van der Waals surface area contributed by atoms with Crippen LogP contribution in [0, 0.1) is 0 Å². The van der Waals surface area contributed by atoms with Crippen LogP contribution in [0.2, 0.25) is 15.1 Å². The Balaban J connectivity index is 2.17. The molecule has 0 aromatic heterocycles. The zero-order valence-corrected chi connectivity index (χ0v) is 13.2. The van der Waals surface area contributed by atoms with E-state index < -0.39 is 0 Å². The van der Waals surface area contributed by atoms with Gasteiger partial charge in [0, 0.05) is 11.6 Å². The summed E-state index contributed by atoms with van der Waals surface area (Å²) >= 11 is 18.1. The molecule has 106 valence electrons. The van der Waals surface area contributed by atoms with Gasteiger partial charge in [0.15, 0.2) is 0 Å². The molecule has 0 bridgehead atoms. The minimum atomic E-state index is 0.449. The third kappa shape index (κ3) is 4.03. The van der Waals surface area contributed by atoms with Crippen molar-refractivity contribution in [1.82, 2.24) is 5.32 Å². The van der Waals surface area contributed by atoms with E-state index in [1.807, 2.05) is 18.2 Å². The van der Waals surface area contributed by atoms with Crippen molar-refractivity contribution in [2.45, 2.75) is 13.5 Å². The average Bonchev–Trinajstić information content (AvgIpc) is 2.42. The molecule has 2 aromatic rings. The molecule has 0 unspecified atom stereocenters. The molecule has 2 nitrogen and oxygen atoms in total. The Morgan fingerprint density at radius 3 is 2.20 bits per heavy atom. The summed E-state index contributed by atoms with van der Waals surface area (Å²) in [4.78, 5) is 0. The number of ether oxygens (including phenoxy) is 1. The van der Waals surface area contributed by atoms with Gasteiger partial charge < -0.3 is 10.1 Å². The summed E-state index contributed by atoms with van der Waals surface area (Å²) in [7, 11) is 0. The van der Waals surface area contributed by atoms with Gasteiger partial charge in [-0.05, 0) is 42.4 Å². The zero-order valence-electron chi connectivity index (χ0n) is 10.9. The van der Waals surface area contributed by atoms with E-state index in [-0.39, 0.29) is 0 Å². The SMILES string of the molecule is CCNCc1ccc(Oc2ccc(Cl)cc2Cl)c(Cl)c1. The van der Waals surface area contributed by atoms with Gasteiger partial charge in [-0.25, -0.2) is 0 Å². The molecular formula is C15H14Cl3NO. The highest BCUT2D eigenvalue weighted by atomic mass is 35.5. The lowest BCUT2D eigenvalue weighted by Crippen LogP contribution is -2.11. The molecule has 0 aliphatic carbocycles. The van der Waals surface area contributed by atoms with Gasteiger partial charge in [-0.3, -0.25) is 0 Å². The normalized spacial score (nSPS) is 10.6. The summed E-state index contributed by atoms with van der Waals surface area (Å²) in [6, 6.07) is 10.7. The third-order valence-electron chi connectivity index (χ3n) is 2.69. The van der Waals surface area contributed by atoms with E-state index >= 15 is 0 Å². The summed E-state index contributed by atoms with van der Waals surface area (Å²) in [6.07, 6.45) is 0. The second-order valence-electron chi connectivity index (χ2n) is 4.22. The Kier molecular flexibility index (Phi) is 5.55. The van der Waals surface area contributed by atoms with E-state index in [1.54, 1.807) is 18.2 Å². The molecule has 20 heavy (non-hydrogen) atoms. The van der Waals surface area contributed by atoms with E-state index in [0.29, 0.717) is 26.6 Å². The van der Waals surface area contributed by atoms with Crippen LogP contribution in [0.25, 0.3) is 0 Å². The van der Waals surface area contributed by atoms with Crippen molar-refractivity contribution in [2.75, 3.05) is 6.54 Å². The van der Waals surface area contributed by atoms with Gasteiger partial charge in [-0.1, -0.05) is 47.8 Å². The number of nitrogens with one attached hydrogen (secondary N) is 1. The lowest BCUT2D eigenvalue weighted by Gasteiger charge is -2.11. The van der Waals surface area contributed by atoms with Crippen LogP contribution >= 0.6 is 34.8 Å². The quantitative estimate of drug-likeness (QED) is 0.776. The highest BCUT2D eigenvalue weighted by molar-refractivity contribution is 6.35. The minimum Gasteiger partial charge on any atom is -0.454 e. The van der Waals surface area contributed by atoms with Gasteiger partial charge in [-0.15, -0.1) is 0 Å². The first-order valence-electron chi connectivity index (χ1n) is 6.22. The van der Waals surface area contributed by atoms with Gasteiger partial charge >= 0.3 is 0 Å². The summed E-state index contributed by atoms with van der Waals surface area (Å²) in [6.45, 7) is 3.75. The first kappa shape index (κ1) is 15.5. The maximum Gasteiger partial charge on any atom is 0.146 e. The fourth-order valence-corrected chi connectivity index (χ4v) is 2.37. The first-order valence-corrected chi connectivity index (χ1v) is 7.35. The fourth-order valence-electron chi connectivity index (χ4n) is 1.68. The minimum absolute atomic E-state index is 0.449. The van der Waals surface area contributed by atoms with Crippen LogP contribution in [0.1, 0.15) is 12.5 Å². The molecule has 0 aliphatic rings. The molecule has 0 radical (unpaired) electrons. The van der Waals surface area contributed by atoms with Crippen molar-refractivity contribution < 1.29 is 4.74 Å². The number of benzene rings is 2. The van der Waals surface area contributed by atoms with E-state index in [1.165, 1.54) is 0 Å². The van der Waals surface area contributed by atoms with Crippen molar-refractivity contribution >= 4 is 34.8 Å². The molecule has 2 aromatic carbocycles. The Morgan fingerprint density at radius 2 is 1.60 bits per heavy atom. The predicted octanol–water partition coefficient (Wildman–Crippen LogP) is 5.55. The molecular weight excluding hydrogens is 317 g/mol. The Morgan fingerprint density at radius 1 is 0.950 bits per heavy atom. The lowest BCUT2D eigenvalue weighted by atomic mass is 10.2. The first-order chi connectivity index (χ1) is 9.60. The van der Waals surface area contributed by atoms with E-state index in [2.05, 4.69) is 12.2 Å². The average molecular weight is 331 g/mol. The summed E-state index contributed by atoms with van der Waals surface area (Å²) in [5, 5.41) is 4.80. The van der Waals surface area contributed by atoms with Crippen molar-refractivity contribution in [3.63, 3.8) is 0 Å². The van der Waals surface area contributed by atoms with Crippen LogP contribution in [0.15, 0.2) is 36.4 Å². The van der Waals surface area contributed by atoms with Crippen LogP contribution in [0.4, 0.5) is 0 Å². The number of rotatable bonds is 5. The van der Waals surface area contributed by atoms with Gasteiger partial charge in [0.25, 0.3) is 0 Å². The van der Waals surface area contributed by atoms with Crippen molar-refractivity contribution in [2.24, 2.45) is 0 Å². The molecule has 0 spiro atoms. The molecule has 0 aliphatic heterocycles. The monoisotopic (exact) mass is 329 g/mol. The molecule has 0 fully saturated rings. The number of hydrogen-bond acceptors (Lipinski definition) is 2.